The molecule has 5 heteroatoms. The maximum atomic E-state index is 12.3. The van der Waals surface area contributed by atoms with Crippen molar-refractivity contribution in [2.24, 2.45) is 0 Å². The molecule has 2 heterocycles. The number of fused-ring (bicyclic) bond motifs is 2. The van der Waals surface area contributed by atoms with Crippen LogP contribution in [0.3, 0.4) is 0 Å². The van der Waals surface area contributed by atoms with Crippen molar-refractivity contribution in [3.8, 4) is 11.5 Å². The topological polar surface area (TPSA) is 47.6 Å². The molecule has 0 saturated heterocycles. The molecule has 0 unspecified atom stereocenters. The first-order chi connectivity index (χ1) is 11.7. The van der Waals surface area contributed by atoms with Crippen LogP contribution >= 0.6 is 15.9 Å². The fourth-order valence-electron chi connectivity index (χ4n) is 3.31. The molecule has 0 bridgehead atoms. The summed E-state index contributed by atoms with van der Waals surface area (Å²) in [4.78, 5) is 12.3. The zero-order valence-corrected chi connectivity index (χ0v) is 14.8. The first-order valence-electron chi connectivity index (χ1n) is 8.15. The molecule has 4 nitrogen and oxygen atoms in total. The number of rotatable bonds is 4. The van der Waals surface area contributed by atoms with Crippen LogP contribution in [0.2, 0.25) is 0 Å². The lowest BCUT2D eigenvalue weighted by molar-refractivity contribution is -0.120. The minimum absolute atomic E-state index is 0.0144. The summed E-state index contributed by atoms with van der Waals surface area (Å²) in [5.74, 6) is 1.92. The molecule has 2 aromatic carbocycles. The van der Waals surface area contributed by atoms with E-state index in [4.69, 9.17) is 9.47 Å². The molecule has 0 radical (unpaired) electrons. The van der Waals surface area contributed by atoms with Crippen molar-refractivity contribution in [1.82, 2.24) is 5.32 Å². The van der Waals surface area contributed by atoms with Gasteiger partial charge in [-0.1, -0.05) is 28.1 Å². The average Bonchev–Trinajstić information content (AvgIpc) is 3.22. The third kappa shape index (κ3) is 3.00. The molecule has 4 rings (SSSR count). The van der Waals surface area contributed by atoms with Crippen LogP contribution in [0.1, 0.15) is 22.3 Å². The summed E-state index contributed by atoms with van der Waals surface area (Å²) in [6, 6.07) is 9.91. The highest BCUT2D eigenvalue weighted by atomic mass is 79.9. The zero-order valence-electron chi connectivity index (χ0n) is 13.2. The Kier molecular flexibility index (Phi) is 4.19. The van der Waals surface area contributed by atoms with E-state index in [-0.39, 0.29) is 5.91 Å². The fourth-order valence-corrected chi connectivity index (χ4v) is 3.57. The Balaban J connectivity index is 1.48. The first-order valence-corrected chi connectivity index (χ1v) is 8.94. The van der Waals surface area contributed by atoms with Gasteiger partial charge in [-0.15, -0.1) is 0 Å². The number of carbonyl (C=O) groups is 1. The summed E-state index contributed by atoms with van der Waals surface area (Å²) in [7, 11) is 0. The molecule has 0 saturated carbocycles. The smallest absolute Gasteiger partial charge is 0.224 e. The van der Waals surface area contributed by atoms with E-state index in [1.54, 1.807) is 0 Å². The van der Waals surface area contributed by atoms with Crippen LogP contribution in [0.5, 0.6) is 11.5 Å². The van der Waals surface area contributed by atoms with E-state index in [9.17, 15) is 4.79 Å². The minimum Gasteiger partial charge on any atom is -0.493 e. The van der Waals surface area contributed by atoms with Crippen LogP contribution in [-0.4, -0.2) is 19.1 Å². The van der Waals surface area contributed by atoms with Gasteiger partial charge in [-0.2, -0.15) is 0 Å². The first kappa shape index (κ1) is 15.5. The van der Waals surface area contributed by atoms with Gasteiger partial charge in [0.25, 0.3) is 0 Å². The Morgan fingerprint density at radius 2 is 1.92 bits per heavy atom. The Morgan fingerprint density at radius 3 is 2.75 bits per heavy atom. The molecule has 2 aliphatic rings. The second kappa shape index (κ2) is 6.48. The Labute approximate surface area is 149 Å². The lowest BCUT2D eigenvalue weighted by atomic mass is 9.99. The van der Waals surface area contributed by atoms with E-state index < -0.39 is 0 Å². The van der Waals surface area contributed by atoms with Gasteiger partial charge in [-0.25, -0.2) is 0 Å². The number of nitrogens with one attached hydrogen (secondary N) is 1. The van der Waals surface area contributed by atoms with Gasteiger partial charge in [0.1, 0.15) is 11.5 Å². The van der Waals surface area contributed by atoms with Crippen LogP contribution < -0.4 is 14.8 Å². The normalized spacial score (nSPS) is 14.5. The maximum absolute atomic E-state index is 12.3. The Morgan fingerprint density at radius 1 is 1.12 bits per heavy atom. The van der Waals surface area contributed by atoms with E-state index in [0.717, 1.165) is 39.9 Å². The summed E-state index contributed by atoms with van der Waals surface area (Å²) >= 11 is 3.40. The third-order valence-corrected chi connectivity index (χ3v) is 5.03. The van der Waals surface area contributed by atoms with Crippen LogP contribution in [0.15, 0.2) is 34.8 Å². The maximum Gasteiger partial charge on any atom is 0.224 e. The molecule has 0 fully saturated rings. The van der Waals surface area contributed by atoms with Gasteiger partial charge >= 0.3 is 0 Å². The number of hydrogen-bond acceptors (Lipinski definition) is 3. The van der Waals surface area contributed by atoms with Crippen molar-refractivity contribution >= 4 is 21.8 Å². The third-order valence-electron chi connectivity index (χ3n) is 4.50. The summed E-state index contributed by atoms with van der Waals surface area (Å²) in [6.07, 6.45) is 2.16. The fraction of sp³-hybridized carbons (Fsp3) is 0.316. The summed E-state index contributed by atoms with van der Waals surface area (Å²) < 4.78 is 12.5. The van der Waals surface area contributed by atoms with Gasteiger partial charge in [0.15, 0.2) is 0 Å². The van der Waals surface area contributed by atoms with Crippen LogP contribution in [0.4, 0.5) is 0 Å². The molecule has 0 spiro atoms. The molecule has 124 valence electrons. The summed E-state index contributed by atoms with van der Waals surface area (Å²) in [5, 5.41) is 3.04. The molecule has 0 aromatic heterocycles. The Bertz CT molecular complexity index is 754. The molecular formula is C19H18BrNO3. The van der Waals surface area contributed by atoms with E-state index in [0.29, 0.717) is 26.2 Å². The van der Waals surface area contributed by atoms with Crippen molar-refractivity contribution in [1.29, 1.82) is 0 Å². The summed E-state index contributed by atoms with van der Waals surface area (Å²) in [6.45, 7) is 1.90. The van der Waals surface area contributed by atoms with Gasteiger partial charge in [0, 0.05) is 40.5 Å². The molecule has 24 heavy (non-hydrogen) atoms. The Hall–Kier alpha value is -2.01. The quantitative estimate of drug-likeness (QED) is 0.876. The van der Waals surface area contributed by atoms with E-state index >= 15 is 0 Å². The number of carbonyl (C=O) groups excluding carboxylic acids is 1. The number of benzene rings is 2. The average molecular weight is 388 g/mol. The highest BCUT2D eigenvalue weighted by Crippen LogP contribution is 2.40. The minimum atomic E-state index is 0.0144. The second-order valence-corrected chi connectivity index (χ2v) is 7.01. The van der Waals surface area contributed by atoms with Gasteiger partial charge in [-0.05, 0) is 23.8 Å². The second-order valence-electron chi connectivity index (χ2n) is 6.10. The zero-order chi connectivity index (χ0) is 16.5. The lowest BCUT2D eigenvalue weighted by Gasteiger charge is -2.14. The van der Waals surface area contributed by atoms with E-state index in [1.165, 1.54) is 11.1 Å². The van der Waals surface area contributed by atoms with Gasteiger partial charge in [0.05, 0.1) is 19.6 Å². The highest BCUT2D eigenvalue weighted by molar-refractivity contribution is 9.10. The molecule has 2 aliphatic heterocycles. The molecule has 0 aliphatic carbocycles. The van der Waals surface area contributed by atoms with Gasteiger partial charge in [0.2, 0.25) is 5.91 Å². The monoisotopic (exact) mass is 387 g/mol. The SMILES string of the molecule is O=C(Cc1ccc(Br)cc1)NCc1c2c(cc3c1OCC3)OCC2. The highest BCUT2D eigenvalue weighted by Gasteiger charge is 2.26. The molecule has 0 atom stereocenters. The van der Waals surface area contributed by atoms with E-state index in [1.807, 2.05) is 24.3 Å². The number of hydrogen-bond donors (Lipinski definition) is 1. The molecule has 1 N–H and O–H groups in total. The van der Waals surface area contributed by atoms with Crippen molar-refractivity contribution in [3.05, 3.63) is 57.1 Å². The van der Waals surface area contributed by atoms with Gasteiger partial charge < -0.3 is 14.8 Å². The summed E-state index contributed by atoms with van der Waals surface area (Å²) in [5.41, 5.74) is 4.45. The van der Waals surface area contributed by atoms with Crippen LogP contribution in [-0.2, 0) is 30.6 Å². The van der Waals surface area contributed by atoms with E-state index in [2.05, 4.69) is 27.3 Å². The standard InChI is InChI=1S/C19H18BrNO3/c20-14-3-1-12(2-4-14)9-18(22)21-11-16-15-6-8-23-17(15)10-13-5-7-24-19(13)16/h1-4,10H,5-9,11H2,(H,21,22). The van der Waals surface area contributed by atoms with Gasteiger partial charge in [-0.3, -0.25) is 4.79 Å². The predicted molar refractivity (Wildman–Crippen MR) is 94.5 cm³/mol. The van der Waals surface area contributed by atoms with Crippen molar-refractivity contribution in [3.63, 3.8) is 0 Å². The van der Waals surface area contributed by atoms with Crippen LogP contribution in [0, 0.1) is 0 Å². The molecule has 2 aromatic rings. The predicted octanol–water partition coefficient (Wildman–Crippen LogP) is 3.18. The molecule has 1 amide bonds. The lowest BCUT2D eigenvalue weighted by Crippen LogP contribution is -2.25. The molecular weight excluding hydrogens is 370 g/mol. The van der Waals surface area contributed by atoms with Crippen molar-refractivity contribution in [2.75, 3.05) is 13.2 Å². The van der Waals surface area contributed by atoms with Crippen molar-refractivity contribution < 1.29 is 14.3 Å². The number of halogens is 1. The number of amides is 1. The largest absolute Gasteiger partial charge is 0.493 e. The van der Waals surface area contributed by atoms with Crippen LogP contribution in [0.25, 0.3) is 0 Å². The number of ether oxygens (including phenoxy) is 2. The van der Waals surface area contributed by atoms with Crippen molar-refractivity contribution in [2.45, 2.75) is 25.8 Å².